The van der Waals surface area contributed by atoms with Crippen LogP contribution in [0.25, 0.3) is 0 Å². The van der Waals surface area contributed by atoms with E-state index < -0.39 is 0 Å². The molecule has 0 unspecified atom stereocenters. The molecule has 2 fully saturated rings. The van der Waals surface area contributed by atoms with Gasteiger partial charge in [0.15, 0.2) is 0 Å². The van der Waals surface area contributed by atoms with E-state index in [4.69, 9.17) is 0 Å². The molecule has 0 N–H and O–H groups in total. The molecule has 2 aliphatic rings. The molecule has 1 heterocycles. The number of carbonyl (C=O) groups is 1. The predicted octanol–water partition coefficient (Wildman–Crippen LogP) is 2.48. The zero-order chi connectivity index (χ0) is 10.8. The fourth-order valence-electron chi connectivity index (χ4n) is 2.32. The number of piperidine rings is 1. The summed E-state index contributed by atoms with van der Waals surface area (Å²) in [6, 6.07) is 0.223. The number of rotatable bonds is 1. The molecule has 0 amide bonds. The van der Waals surface area contributed by atoms with Crippen LogP contribution in [-0.4, -0.2) is 30.3 Å². The third kappa shape index (κ3) is 2.35. The van der Waals surface area contributed by atoms with Crippen molar-refractivity contribution >= 4 is 5.78 Å². The molecule has 1 saturated carbocycles. The largest absolute Gasteiger partial charge is 0.298 e. The van der Waals surface area contributed by atoms with E-state index >= 15 is 0 Å². The first-order valence-electron chi connectivity index (χ1n) is 5.84. The quantitative estimate of drug-likeness (QED) is 0.643. The molecule has 82 valence electrons. The highest BCUT2D eigenvalue weighted by molar-refractivity contribution is 5.81. The Kier molecular flexibility index (Phi) is 3.71. The van der Waals surface area contributed by atoms with Gasteiger partial charge in [0.2, 0.25) is 0 Å². The summed E-state index contributed by atoms with van der Waals surface area (Å²) in [4.78, 5) is 13.5. The average molecular weight is 197 g/mol. The normalized spacial score (nSPS) is 29.3. The van der Waals surface area contributed by atoms with Crippen LogP contribution in [0.2, 0.25) is 0 Å². The van der Waals surface area contributed by atoms with Gasteiger partial charge in [-0.25, -0.2) is 0 Å². The maximum absolute atomic E-state index is 11.3. The Bertz CT molecular complexity index is 208. The highest BCUT2D eigenvalue weighted by atomic mass is 16.1. The first-order valence-corrected chi connectivity index (χ1v) is 5.84. The molecule has 14 heavy (non-hydrogen) atoms. The first kappa shape index (κ1) is 11.7. The molecular weight excluding hydrogens is 174 g/mol. The molecular formula is C12H23NO. The number of hydrogen-bond donors (Lipinski definition) is 0. The van der Waals surface area contributed by atoms with Crippen LogP contribution >= 0.6 is 0 Å². The van der Waals surface area contributed by atoms with Gasteiger partial charge in [-0.3, -0.25) is 9.69 Å². The van der Waals surface area contributed by atoms with E-state index in [9.17, 15) is 4.79 Å². The zero-order valence-electron chi connectivity index (χ0n) is 9.97. The molecule has 0 bridgehead atoms. The van der Waals surface area contributed by atoms with Gasteiger partial charge < -0.3 is 0 Å². The van der Waals surface area contributed by atoms with Crippen LogP contribution in [0.4, 0.5) is 0 Å². The van der Waals surface area contributed by atoms with Crippen LogP contribution in [0.1, 0.15) is 46.5 Å². The Labute approximate surface area is 87.7 Å². The van der Waals surface area contributed by atoms with Crippen molar-refractivity contribution in [3.63, 3.8) is 0 Å². The monoisotopic (exact) mass is 197 g/mol. The second-order valence-corrected chi connectivity index (χ2v) is 4.56. The first-order chi connectivity index (χ1) is 6.63. The number of likely N-dealkylation sites (tertiary alicyclic amines) is 1. The molecule has 1 saturated heterocycles. The summed E-state index contributed by atoms with van der Waals surface area (Å²) in [6.07, 6.45) is 5.17. The number of Topliss-reactive ketones (excluding diaryl/α,β-unsaturated/α-hetero) is 1. The Hall–Kier alpha value is -0.370. The van der Waals surface area contributed by atoms with Crippen molar-refractivity contribution in [2.75, 3.05) is 13.6 Å². The van der Waals surface area contributed by atoms with E-state index in [0.717, 1.165) is 13.0 Å². The third-order valence-corrected chi connectivity index (χ3v) is 3.58. The average Bonchev–Trinajstić information content (AvgIpc) is 2.93. The molecule has 1 aliphatic heterocycles. The maximum Gasteiger partial charge on any atom is 0.146 e. The van der Waals surface area contributed by atoms with E-state index in [1.54, 1.807) is 6.92 Å². The number of carbonyl (C=O) groups excluding carboxylic acids is 1. The Morgan fingerprint density at radius 1 is 1.29 bits per heavy atom. The number of ketones is 1. The van der Waals surface area contributed by atoms with Gasteiger partial charge in [0.25, 0.3) is 0 Å². The van der Waals surface area contributed by atoms with Crippen molar-refractivity contribution in [3.8, 4) is 0 Å². The summed E-state index contributed by atoms with van der Waals surface area (Å²) < 4.78 is 0. The topological polar surface area (TPSA) is 20.3 Å². The van der Waals surface area contributed by atoms with Crippen LogP contribution in [-0.2, 0) is 4.79 Å². The van der Waals surface area contributed by atoms with Gasteiger partial charge in [-0.1, -0.05) is 13.8 Å². The van der Waals surface area contributed by atoms with Crippen LogP contribution in [0, 0.1) is 5.41 Å². The van der Waals surface area contributed by atoms with Crippen molar-refractivity contribution < 1.29 is 4.79 Å². The highest BCUT2D eigenvalue weighted by Gasteiger charge is 2.48. The molecule has 1 atom stereocenters. The van der Waals surface area contributed by atoms with E-state index in [-0.39, 0.29) is 6.04 Å². The lowest BCUT2D eigenvalue weighted by molar-refractivity contribution is -0.123. The second-order valence-electron chi connectivity index (χ2n) is 4.56. The van der Waals surface area contributed by atoms with E-state index in [1.807, 2.05) is 13.8 Å². The lowest BCUT2D eigenvalue weighted by atomic mass is 9.87. The lowest BCUT2D eigenvalue weighted by Crippen LogP contribution is -2.44. The standard InChI is InChI=1S/C10H17NO.C2H6/c1-8(12)9-7-10(3-4-10)5-6-11(9)2;1-2/h9H,3-7H2,1-2H3;1-2H3/t9-;/m0./s1. The minimum absolute atomic E-state index is 0.223. The van der Waals surface area contributed by atoms with Gasteiger partial charge in [0.05, 0.1) is 6.04 Å². The van der Waals surface area contributed by atoms with Gasteiger partial charge in [-0.2, -0.15) is 0 Å². The minimum atomic E-state index is 0.223. The van der Waals surface area contributed by atoms with Crippen LogP contribution < -0.4 is 0 Å². The number of nitrogens with zero attached hydrogens (tertiary/aromatic N) is 1. The van der Waals surface area contributed by atoms with E-state index in [1.165, 1.54) is 19.3 Å². The summed E-state index contributed by atoms with van der Waals surface area (Å²) in [5.74, 6) is 0.350. The zero-order valence-corrected chi connectivity index (χ0v) is 9.97. The maximum atomic E-state index is 11.3. The molecule has 2 nitrogen and oxygen atoms in total. The summed E-state index contributed by atoms with van der Waals surface area (Å²) in [5.41, 5.74) is 0.600. The van der Waals surface area contributed by atoms with Crippen molar-refractivity contribution in [3.05, 3.63) is 0 Å². The van der Waals surface area contributed by atoms with Gasteiger partial charge >= 0.3 is 0 Å². The second kappa shape index (κ2) is 4.43. The molecule has 0 aromatic rings. The number of hydrogen-bond acceptors (Lipinski definition) is 2. The van der Waals surface area contributed by atoms with E-state index in [0.29, 0.717) is 11.2 Å². The fraction of sp³-hybridized carbons (Fsp3) is 0.917. The van der Waals surface area contributed by atoms with Crippen molar-refractivity contribution in [1.29, 1.82) is 0 Å². The van der Waals surface area contributed by atoms with Crippen LogP contribution in [0.15, 0.2) is 0 Å². The Morgan fingerprint density at radius 2 is 1.86 bits per heavy atom. The summed E-state index contributed by atoms with van der Waals surface area (Å²) in [7, 11) is 2.07. The minimum Gasteiger partial charge on any atom is -0.298 e. The summed E-state index contributed by atoms with van der Waals surface area (Å²) in [5, 5.41) is 0. The smallest absolute Gasteiger partial charge is 0.146 e. The fourth-order valence-corrected chi connectivity index (χ4v) is 2.32. The van der Waals surface area contributed by atoms with Crippen LogP contribution in [0.5, 0.6) is 0 Å². The van der Waals surface area contributed by atoms with Gasteiger partial charge in [-0.15, -0.1) is 0 Å². The summed E-state index contributed by atoms with van der Waals surface area (Å²) in [6.45, 7) is 6.84. The van der Waals surface area contributed by atoms with E-state index in [2.05, 4.69) is 11.9 Å². The molecule has 2 rings (SSSR count). The van der Waals surface area contributed by atoms with Crippen molar-refractivity contribution in [1.82, 2.24) is 4.90 Å². The molecule has 0 radical (unpaired) electrons. The predicted molar refractivity (Wildman–Crippen MR) is 59.3 cm³/mol. The lowest BCUT2D eigenvalue weighted by Gasteiger charge is -2.35. The van der Waals surface area contributed by atoms with Gasteiger partial charge in [0, 0.05) is 0 Å². The highest BCUT2D eigenvalue weighted by Crippen LogP contribution is 2.54. The third-order valence-electron chi connectivity index (χ3n) is 3.58. The molecule has 0 aromatic carbocycles. The molecule has 2 heteroatoms. The van der Waals surface area contributed by atoms with Gasteiger partial charge in [0.1, 0.15) is 5.78 Å². The van der Waals surface area contributed by atoms with Crippen molar-refractivity contribution in [2.45, 2.75) is 52.5 Å². The molecule has 0 aromatic heterocycles. The molecule has 1 spiro atoms. The molecule has 1 aliphatic carbocycles. The number of likely N-dealkylation sites (N-methyl/N-ethyl adjacent to an activating group) is 1. The van der Waals surface area contributed by atoms with Gasteiger partial charge in [-0.05, 0) is 51.6 Å². The van der Waals surface area contributed by atoms with Crippen LogP contribution in [0.3, 0.4) is 0 Å². The SMILES string of the molecule is CC.CC(=O)[C@@H]1CC2(CCN1C)CC2. The summed E-state index contributed by atoms with van der Waals surface area (Å²) >= 11 is 0. The van der Waals surface area contributed by atoms with Crippen molar-refractivity contribution in [2.24, 2.45) is 5.41 Å². The Balaban J connectivity index is 0.000000461. The Morgan fingerprint density at radius 3 is 2.29 bits per heavy atom.